The van der Waals surface area contributed by atoms with Crippen LogP contribution in [0.5, 0.6) is 5.75 Å². The van der Waals surface area contributed by atoms with Gasteiger partial charge >= 0.3 is 0 Å². The number of nitrogens with one attached hydrogen (secondary N) is 1. The molecule has 2 heterocycles. The Labute approximate surface area is 125 Å². The second kappa shape index (κ2) is 5.02. The summed E-state index contributed by atoms with van der Waals surface area (Å²) in [7, 11) is 0. The number of fused-ring (bicyclic) bond motifs is 1. The lowest BCUT2D eigenvalue weighted by molar-refractivity contribution is -0.144. The minimum atomic E-state index is -0.203. The lowest BCUT2D eigenvalue weighted by Crippen LogP contribution is -2.68. The summed E-state index contributed by atoms with van der Waals surface area (Å²) >= 11 is 0. The maximum atomic E-state index is 12.3. The first-order valence-corrected chi connectivity index (χ1v) is 8.05. The molecule has 21 heavy (non-hydrogen) atoms. The lowest BCUT2D eigenvalue weighted by atomic mass is 9.72. The van der Waals surface area contributed by atoms with E-state index in [0.29, 0.717) is 5.92 Å². The second-order valence-electron chi connectivity index (χ2n) is 6.46. The topological polar surface area (TPSA) is 41.6 Å². The summed E-state index contributed by atoms with van der Waals surface area (Å²) in [4.78, 5) is 14.8. The predicted molar refractivity (Wildman–Crippen MR) is 80.5 cm³/mol. The molecule has 2 fully saturated rings. The van der Waals surface area contributed by atoms with Gasteiger partial charge in [0.25, 0.3) is 0 Å². The van der Waals surface area contributed by atoms with Crippen LogP contribution in [0.25, 0.3) is 0 Å². The zero-order valence-electron chi connectivity index (χ0n) is 12.3. The molecule has 3 aliphatic rings. The zero-order chi connectivity index (χ0) is 14.3. The third kappa shape index (κ3) is 2.04. The van der Waals surface area contributed by atoms with E-state index in [9.17, 15) is 4.79 Å². The van der Waals surface area contributed by atoms with Gasteiger partial charge in [-0.25, -0.2) is 0 Å². The van der Waals surface area contributed by atoms with Crippen LogP contribution in [0.1, 0.15) is 37.2 Å². The van der Waals surface area contributed by atoms with Crippen molar-refractivity contribution in [1.82, 2.24) is 10.2 Å². The largest absolute Gasteiger partial charge is 0.493 e. The van der Waals surface area contributed by atoms with Crippen LogP contribution in [-0.4, -0.2) is 42.6 Å². The zero-order valence-corrected chi connectivity index (χ0v) is 12.3. The Balaban J connectivity index is 1.57. The standard InChI is InChI=1S/C17H22N2O2/c20-16-17(7-3-8-17)19(10-9-18-16)12-13-6-11-21-15-5-2-1-4-14(13)15/h1-2,4-5,13H,3,6-12H2,(H,18,20). The molecule has 1 aliphatic carbocycles. The van der Waals surface area contributed by atoms with Crippen molar-refractivity contribution in [2.75, 3.05) is 26.2 Å². The minimum absolute atomic E-state index is 0.203. The number of carbonyl (C=O) groups excluding carboxylic acids is 1. The van der Waals surface area contributed by atoms with Crippen molar-refractivity contribution in [3.8, 4) is 5.75 Å². The van der Waals surface area contributed by atoms with Gasteiger partial charge in [0, 0.05) is 25.6 Å². The second-order valence-corrected chi connectivity index (χ2v) is 6.46. The summed E-state index contributed by atoms with van der Waals surface area (Å²) in [5.41, 5.74) is 1.11. The van der Waals surface area contributed by atoms with Crippen LogP contribution < -0.4 is 10.1 Å². The molecule has 1 amide bonds. The van der Waals surface area contributed by atoms with Gasteiger partial charge in [-0.3, -0.25) is 9.69 Å². The van der Waals surface area contributed by atoms with Crippen molar-refractivity contribution in [2.24, 2.45) is 0 Å². The fourth-order valence-electron chi connectivity index (χ4n) is 4.02. The van der Waals surface area contributed by atoms with Crippen molar-refractivity contribution < 1.29 is 9.53 Å². The number of hydrogen-bond acceptors (Lipinski definition) is 3. The van der Waals surface area contributed by atoms with Crippen LogP contribution in [0.4, 0.5) is 0 Å². The molecule has 1 saturated heterocycles. The van der Waals surface area contributed by atoms with E-state index in [1.165, 1.54) is 12.0 Å². The van der Waals surface area contributed by atoms with Crippen molar-refractivity contribution in [3.05, 3.63) is 29.8 Å². The molecule has 0 aromatic heterocycles. The monoisotopic (exact) mass is 286 g/mol. The van der Waals surface area contributed by atoms with Gasteiger partial charge in [-0.15, -0.1) is 0 Å². The Morgan fingerprint density at radius 1 is 1.33 bits per heavy atom. The number of piperazine rings is 1. The van der Waals surface area contributed by atoms with E-state index in [4.69, 9.17) is 4.74 Å². The molecule has 112 valence electrons. The van der Waals surface area contributed by atoms with Gasteiger partial charge in [-0.05, 0) is 37.3 Å². The van der Waals surface area contributed by atoms with Gasteiger partial charge in [-0.1, -0.05) is 18.2 Å². The minimum Gasteiger partial charge on any atom is -0.493 e. The molecule has 1 saturated carbocycles. The normalized spacial score (nSPS) is 27.4. The third-order valence-corrected chi connectivity index (χ3v) is 5.40. The van der Waals surface area contributed by atoms with E-state index in [2.05, 4.69) is 28.4 Å². The van der Waals surface area contributed by atoms with Crippen LogP contribution >= 0.6 is 0 Å². The van der Waals surface area contributed by atoms with E-state index in [1.54, 1.807) is 0 Å². The Bertz CT molecular complexity index is 553. The number of carbonyl (C=O) groups is 1. The lowest BCUT2D eigenvalue weighted by Gasteiger charge is -2.52. The summed E-state index contributed by atoms with van der Waals surface area (Å²) in [6, 6.07) is 8.35. The van der Waals surface area contributed by atoms with E-state index in [1.807, 2.05) is 6.07 Å². The fourth-order valence-corrected chi connectivity index (χ4v) is 4.02. The van der Waals surface area contributed by atoms with Crippen molar-refractivity contribution >= 4 is 5.91 Å². The summed E-state index contributed by atoms with van der Waals surface area (Å²) in [6.45, 7) is 3.53. The Hall–Kier alpha value is -1.55. The first-order valence-electron chi connectivity index (χ1n) is 8.05. The van der Waals surface area contributed by atoms with Crippen LogP contribution in [0.2, 0.25) is 0 Å². The van der Waals surface area contributed by atoms with Crippen LogP contribution in [-0.2, 0) is 4.79 Å². The molecule has 1 unspecified atom stereocenters. The van der Waals surface area contributed by atoms with E-state index >= 15 is 0 Å². The smallest absolute Gasteiger partial charge is 0.240 e. The highest BCUT2D eigenvalue weighted by molar-refractivity contribution is 5.88. The van der Waals surface area contributed by atoms with Crippen LogP contribution in [0.15, 0.2) is 24.3 Å². The molecule has 4 nitrogen and oxygen atoms in total. The summed E-state index contributed by atoms with van der Waals surface area (Å²) in [5.74, 6) is 1.76. The number of amides is 1. The van der Waals surface area contributed by atoms with Gasteiger partial charge in [0.1, 0.15) is 11.3 Å². The quantitative estimate of drug-likeness (QED) is 0.903. The van der Waals surface area contributed by atoms with Crippen molar-refractivity contribution in [1.29, 1.82) is 0 Å². The van der Waals surface area contributed by atoms with Crippen molar-refractivity contribution in [3.63, 3.8) is 0 Å². The first-order chi connectivity index (χ1) is 10.3. The highest BCUT2D eigenvalue weighted by Gasteiger charge is 2.51. The summed E-state index contributed by atoms with van der Waals surface area (Å²) < 4.78 is 5.76. The molecule has 1 N–H and O–H groups in total. The van der Waals surface area contributed by atoms with E-state index in [-0.39, 0.29) is 11.4 Å². The Morgan fingerprint density at radius 2 is 2.19 bits per heavy atom. The summed E-state index contributed by atoms with van der Waals surface area (Å²) in [6.07, 6.45) is 4.26. The first kappa shape index (κ1) is 13.1. The van der Waals surface area contributed by atoms with Gasteiger partial charge in [0.05, 0.1) is 6.61 Å². The average Bonchev–Trinajstić information content (AvgIpc) is 2.46. The van der Waals surface area contributed by atoms with Gasteiger partial charge in [-0.2, -0.15) is 0 Å². The highest BCUT2D eigenvalue weighted by Crippen LogP contribution is 2.42. The molecule has 4 rings (SSSR count). The SMILES string of the molecule is O=C1NCCN(CC2CCOc3ccccc32)C12CCC2. The van der Waals surface area contributed by atoms with Crippen molar-refractivity contribution in [2.45, 2.75) is 37.1 Å². The number of rotatable bonds is 2. The molecule has 2 aliphatic heterocycles. The molecule has 4 heteroatoms. The summed E-state index contributed by atoms with van der Waals surface area (Å²) in [5, 5.41) is 3.06. The van der Waals surface area contributed by atoms with E-state index < -0.39 is 0 Å². The van der Waals surface area contributed by atoms with Gasteiger partial charge < -0.3 is 10.1 Å². The predicted octanol–water partition coefficient (Wildman–Crippen LogP) is 1.91. The van der Waals surface area contributed by atoms with Gasteiger partial charge in [0.15, 0.2) is 0 Å². The molecule has 1 aromatic carbocycles. The van der Waals surface area contributed by atoms with Gasteiger partial charge in [0.2, 0.25) is 5.91 Å². The number of hydrogen-bond donors (Lipinski definition) is 1. The Morgan fingerprint density at radius 3 is 3.00 bits per heavy atom. The maximum Gasteiger partial charge on any atom is 0.240 e. The fraction of sp³-hybridized carbons (Fsp3) is 0.588. The molecule has 0 radical (unpaired) electrons. The highest BCUT2D eigenvalue weighted by atomic mass is 16.5. The maximum absolute atomic E-state index is 12.3. The molecule has 1 atom stereocenters. The van der Waals surface area contributed by atoms with E-state index in [0.717, 1.165) is 51.3 Å². The number of benzene rings is 1. The van der Waals surface area contributed by atoms with Crippen LogP contribution in [0, 0.1) is 0 Å². The average molecular weight is 286 g/mol. The number of nitrogens with zero attached hydrogens (tertiary/aromatic N) is 1. The Kier molecular flexibility index (Phi) is 3.14. The third-order valence-electron chi connectivity index (χ3n) is 5.40. The number of ether oxygens (including phenoxy) is 1. The molecule has 1 aromatic rings. The van der Waals surface area contributed by atoms with Crippen LogP contribution in [0.3, 0.4) is 0 Å². The molecule has 1 spiro atoms. The molecular weight excluding hydrogens is 264 g/mol. The molecule has 0 bridgehead atoms. The molecular formula is C17H22N2O2. The number of para-hydroxylation sites is 1.